The van der Waals surface area contributed by atoms with Crippen molar-refractivity contribution in [2.45, 2.75) is 45.0 Å². The summed E-state index contributed by atoms with van der Waals surface area (Å²) in [5, 5.41) is 8.82. The van der Waals surface area contributed by atoms with Gasteiger partial charge < -0.3 is 5.31 Å². The second kappa shape index (κ2) is 8.44. The second-order valence-corrected chi connectivity index (χ2v) is 7.22. The number of nitriles is 1. The molecule has 1 aromatic carbocycles. The molecule has 3 aromatic rings. The van der Waals surface area contributed by atoms with Gasteiger partial charge in [-0.2, -0.15) is 5.26 Å². The van der Waals surface area contributed by atoms with Crippen LogP contribution in [0.15, 0.2) is 30.6 Å². The molecule has 0 bridgehead atoms. The molecule has 1 aliphatic rings. The molecule has 0 aliphatic carbocycles. The van der Waals surface area contributed by atoms with Gasteiger partial charge in [0.1, 0.15) is 28.9 Å². The lowest BCUT2D eigenvalue weighted by atomic mass is 10.0. The van der Waals surface area contributed by atoms with E-state index in [1.807, 2.05) is 0 Å². The fourth-order valence-electron chi connectivity index (χ4n) is 2.46. The van der Waals surface area contributed by atoms with Gasteiger partial charge >= 0.3 is 0 Å². The average Bonchev–Trinajstić information content (AvgIpc) is 3.23. The minimum atomic E-state index is -3.80. The van der Waals surface area contributed by atoms with Gasteiger partial charge in [-0.3, -0.25) is 4.90 Å². The number of nitrogens with one attached hydrogen (secondary N) is 1. The summed E-state index contributed by atoms with van der Waals surface area (Å²) >= 11 is 0.898. The van der Waals surface area contributed by atoms with E-state index in [1.165, 1.54) is 19.9 Å². The van der Waals surface area contributed by atoms with Gasteiger partial charge in [0, 0.05) is 44.1 Å². The molecule has 5 nitrogen and oxygen atoms in total. The highest BCUT2D eigenvalue weighted by Gasteiger charge is 2.21. The van der Waals surface area contributed by atoms with Crippen LogP contribution < -0.4 is 5.31 Å². The van der Waals surface area contributed by atoms with Crippen LogP contribution in [0.5, 0.6) is 0 Å². The van der Waals surface area contributed by atoms with E-state index in [-0.39, 0.29) is 36.9 Å². The Morgan fingerprint density at radius 1 is 1.55 bits per heavy atom. The summed E-state index contributed by atoms with van der Waals surface area (Å²) in [6.07, 6.45) is -6.70. The highest BCUT2D eigenvalue weighted by atomic mass is 32.1. The standard InChI is InChI=1S/C22H24FN5S/c1-14(2)20-10-18-21(25-13-26-22(18)29-20)27-17-5-7-28(8-6-17)12-15-3-4-19(23)16(9-15)11-24/h3-4,9-10,13-14,17H,5-8,12H2,1-2H3,(H,25,26,27)/i5D2,6D2,7D2,8D2,10D,12D,14D,17D/hD. The number of piperidine rings is 1. The van der Waals surface area contributed by atoms with Gasteiger partial charge in [0.25, 0.3) is 0 Å². The lowest BCUT2D eigenvalue weighted by molar-refractivity contribution is 0.211. The second-order valence-electron chi connectivity index (χ2n) is 6.22. The minimum Gasteiger partial charge on any atom is -0.367 e. The lowest BCUT2D eigenvalue weighted by Crippen LogP contribution is -2.38. The highest BCUT2D eigenvalue weighted by molar-refractivity contribution is 7.18. The fourth-order valence-corrected chi connectivity index (χ4v) is 3.36. The summed E-state index contributed by atoms with van der Waals surface area (Å²) in [5.74, 6) is -2.97. The van der Waals surface area contributed by atoms with E-state index in [1.54, 1.807) is 0 Å². The number of benzene rings is 1. The van der Waals surface area contributed by atoms with Gasteiger partial charge in [0.15, 0.2) is 1.41 Å². The smallest absolute Gasteiger partial charge is 0.162 e. The largest absolute Gasteiger partial charge is 0.367 e. The Bertz CT molecular complexity index is 1570. The zero-order valence-corrected chi connectivity index (χ0v) is 16.2. The predicted molar refractivity (Wildman–Crippen MR) is 115 cm³/mol. The number of nitrogens with zero attached hydrogens (tertiary/aromatic N) is 4. The maximum atomic E-state index is 13.9. The molecule has 4 rings (SSSR count). The van der Waals surface area contributed by atoms with Gasteiger partial charge in [-0.25, -0.2) is 14.4 Å². The third kappa shape index (κ3) is 4.39. The Hall–Kier alpha value is -2.56. The molecule has 7 heteroatoms. The Kier molecular flexibility index (Phi) is 2.76. The van der Waals surface area contributed by atoms with Crippen molar-refractivity contribution in [2.75, 3.05) is 18.3 Å². The Balaban J connectivity index is 1.95. The first-order valence-corrected chi connectivity index (χ1v) is 9.28. The Labute approximate surface area is 192 Å². The molecule has 0 saturated carbocycles. The highest BCUT2D eigenvalue weighted by Crippen LogP contribution is 2.33. The molecule has 3 heterocycles. The summed E-state index contributed by atoms with van der Waals surface area (Å²) in [4.78, 5) is 8.05. The Morgan fingerprint density at radius 3 is 3.07 bits per heavy atom. The van der Waals surface area contributed by atoms with Gasteiger partial charge in [0.05, 0.1) is 13.7 Å². The number of thiophene rings is 1. The molecule has 0 spiro atoms. The SMILES string of the molecule is [2H]c1c(C([2H])(C)C)sc2ncnc(N([2H])C3([2H])C([2H])([2H])C([2H])([2H])N(C([2H])c4ccc(F)c(C#N)c4)C([2H])([2H])C3([2H])[2H])c12. The Morgan fingerprint density at radius 2 is 2.34 bits per heavy atom. The van der Waals surface area contributed by atoms with Crippen LogP contribution >= 0.6 is 11.3 Å². The number of anilines is 1. The topological polar surface area (TPSA) is 64.8 Å². The summed E-state index contributed by atoms with van der Waals surface area (Å²) < 4.78 is 127. The quantitative estimate of drug-likeness (QED) is 0.633. The monoisotopic (exact) mass is 422 g/mol. The van der Waals surface area contributed by atoms with Crippen LogP contribution in [0.25, 0.3) is 10.2 Å². The van der Waals surface area contributed by atoms with Crippen LogP contribution in [0.2, 0.25) is 1.41 Å². The van der Waals surface area contributed by atoms with Crippen LogP contribution in [0, 0.1) is 17.1 Å². The summed E-state index contributed by atoms with van der Waals surface area (Å²) in [6, 6.07) is -0.00874. The molecule has 1 unspecified atom stereocenters. The zero-order chi connectivity index (χ0) is 32.0. The minimum absolute atomic E-state index is 0.0570. The number of aromatic nitrogens is 2. The van der Waals surface area contributed by atoms with Crippen molar-refractivity contribution in [3.05, 3.63) is 52.4 Å². The molecule has 150 valence electrons. The number of hydrogen-bond donors (Lipinski definition) is 1. The molecule has 1 saturated heterocycles. The van der Waals surface area contributed by atoms with E-state index >= 15 is 0 Å². The third-order valence-corrected chi connectivity index (χ3v) is 5.10. The zero-order valence-electron chi connectivity index (χ0n) is 28.4. The summed E-state index contributed by atoms with van der Waals surface area (Å²) in [7, 11) is 0. The third-order valence-electron chi connectivity index (χ3n) is 3.88. The number of rotatable bonds is 5. The van der Waals surface area contributed by atoms with E-state index < -0.39 is 61.4 Å². The van der Waals surface area contributed by atoms with Gasteiger partial charge in [0.2, 0.25) is 0 Å². The first-order valence-electron chi connectivity index (χ1n) is 15.0. The maximum Gasteiger partial charge on any atom is 0.162 e. The van der Waals surface area contributed by atoms with Crippen LogP contribution in [-0.4, -0.2) is 33.9 Å². The molecule has 0 radical (unpaired) electrons. The van der Waals surface area contributed by atoms with Gasteiger partial charge in [-0.05, 0) is 42.4 Å². The summed E-state index contributed by atoms with van der Waals surface area (Å²) in [6.45, 7) is -6.63. The number of hydrogen-bond acceptors (Lipinski definition) is 6. The van der Waals surface area contributed by atoms with Crippen LogP contribution in [0.4, 0.5) is 10.2 Å². The molecular formula is C22H24FN5S. The molecule has 29 heavy (non-hydrogen) atoms. The van der Waals surface area contributed by atoms with Crippen molar-refractivity contribution < 1.29 is 22.3 Å². The molecule has 1 aliphatic heterocycles. The van der Waals surface area contributed by atoms with E-state index in [2.05, 4.69) is 9.97 Å². The van der Waals surface area contributed by atoms with E-state index in [0.717, 1.165) is 35.9 Å². The van der Waals surface area contributed by atoms with Gasteiger partial charge in [-0.15, -0.1) is 11.3 Å². The van der Waals surface area contributed by atoms with Gasteiger partial charge in [-0.1, -0.05) is 19.9 Å². The molecule has 1 N–H and O–H groups in total. The van der Waals surface area contributed by atoms with Crippen LogP contribution in [0.1, 0.15) is 64.9 Å². The normalized spacial score (nSPS) is 31.7. The molecule has 2 aromatic heterocycles. The average molecular weight is 423 g/mol. The predicted octanol–water partition coefficient (Wildman–Crippen LogP) is 4.90. The number of likely N-dealkylation sites (tertiary alicyclic amines) is 1. The van der Waals surface area contributed by atoms with Crippen molar-refractivity contribution in [1.82, 2.24) is 14.9 Å². The molecular weight excluding hydrogens is 385 g/mol. The molecule has 1 fully saturated rings. The first kappa shape index (κ1) is 9.50. The van der Waals surface area contributed by atoms with E-state index in [0.29, 0.717) is 0 Å². The molecule has 1 atom stereocenters. The van der Waals surface area contributed by atoms with Crippen molar-refractivity contribution in [3.8, 4) is 6.07 Å². The van der Waals surface area contributed by atoms with Crippen molar-refractivity contribution in [3.63, 3.8) is 0 Å². The first-order chi connectivity index (χ1) is 19.0. The van der Waals surface area contributed by atoms with Crippen LogP contribution in [-0.2, 0) is 6.52 Å². The van der Waals surface area contributed by atoms with Crippen molar-refractivity contribution >= 4 is 27.4 Å². The maximum absolute atomic E-state index is 13.9. The number of halogens is 1. The molecule has 0 amide bonds. The van der Waals surface area contributed by atoms with E-state index in [4.69, 9.17) is 23.1 Å². The van der Waals surface area contributed by atoms with E-state index in [9.17, 15) is 4.39 Å². The number of fused-ring (bicyclic) bond motifs is 1. The van der Waals surface area contributed by atoms with Crippen molar-refractivity contribution in [1.29, 1.82) is 5.26 Å². The van der Waals surface area contributed by atoms with Crippen LogP contribution in [0.3, 0.4) is 0 Å². The lowest BCUT2D eigenvalue weighted by Gasteiger charge is -2.32. The van der Waals surface area contributed by atoms with Crippen molar-refractivity contribution in [2.24, 2.45) is 0 Å². The fraction of sp³-hybridized carbons (Fsp3) is 0.409. The summed E-state index contributed by atoms with van der Waals surface area (Å²) in [5.41, 5.74) is -0.918.